The van der Waals surface area contributed by atoms with Crippen LogP contribution in [-0.4, -0.2) is 0 Å². The molecule has 1 aromatic carbocycles. The van der Waals surface area contributed by atoms with Crippen LogP contribution in [0.25, 0.3) is 0 Å². The van der Waals surface area contributed by atoms with Gasteiger partial charge in [0, 0.05) is 11.6 Å². The lowest BCUT2D eigenvalue weighted by molar-refractivity contribution is 0.360. The minimum Gasteiger partial charge on any atom is -0.324 e. The Bertz CT molecular complexity index is 427. The first-order valence-electron chi connectivity index (χ1n) is 5.20. The SMILES string of the molecule is N[C@H](CC1CC1)c1c(F)c(F)c(F)c(F)c1F. The van der Waals surface area contributed by atoms with Gasteiger partial charge in [-0.25, -0.2) is 22.0 Å². The minimum atomic E-state index is -2.15. The van der Waals surface area contributed by atoms with Gasteiger partial charge in [-0.3, -0.25) is 0 Å². The van der Waals surface area contributed by atoms with E-state index in [0.717, 1.165) is 12.8 Å². The van der Waals surface area contributed by atoms with E-state index in [1.165, 1.54) is 0 Å². The second-order valence-electron chi connectivity index (χ2n) is 4.27. The number of nitrogens with two attached hydrogens (primary N) is 1. The Balaban J connectivity index is 2.44. The first kappa shape index (κ1) is 12.3. The molecule has 0 saturated heterocycles. The second-order valence-corrected chi connectivity index (χ2v) is 4.27. The molecule has 2 N–H and O–H groups in total. The summed E-state index contributed by atoms with van der Waals surface area (Å²) in [6.07, 6.45) is 1.99. The predicted octanol–water partition coefficient (Wildman–Crippen LogP) is 3.18. The summed E-state index contributed by atoms with van der Waals surface area (Å²) < 4.78 is 65.2. The highest BCUT2D eigenvalue weighted by molar-refractivity contribution is 5.27. The predicted molar refractivity (Wildman–Crippen MR) is 50.5 cm³/mol. The van der Waals surface area contributed by atoms with Crippen molar-refractivity contribution in [3.05, 3.63) is 34.6 Å². The van der Waals surface area contributed by atoms with E-state index in [2.05, 4.69) is 0 Å². The van der Waals surface area contributed by atoms with Gasteiger partial charge in [-0.15, -0.1) is 0 Å². The molecule has 0 radical (unpaired) electrons. The van der Waals surface area contributed by atoms with Gasteiger partial charge < -0.3 is 5.73 Å². The largest absolute Gasteiger partial charge is 0.324 e. The molecule has 6 heteroatoms. The van der Waals surface area contributed by atoms with E-state index in [0.29, 0.717) is 0 Å². The molecule has 0 heterocycles. The zero-order valence-corrected chi connectivity index (χ0v) is 8.74. The Morgan fingerprint density at radius 3 is 1.71 bits per heavy atom. The Labute approximate surface area is 94.4 Å². The fourth-order valence-corrected chi connectivity index (χ4v) is 1.78. The maximum absolute atomic E-state index is 13.3. The van der Waals surface area contributed by atoms with Crippen LogP contribution in [0.4, 0.5) is 22.0 Å². The molecule has 0 amide bonds. The summed E-state index contributed by atoms with van der Waals surface area (Å²) in [4.78, 5) is 0. The molecule has 1 fully saturated rings. The molecular formula is C11H10F5N. The standard InChI is InChI=1S/C11H10F5N/c12-7-6(5(17)3-4-1-2-4)8(13)10(15)11(16)9(7)14/h4-5H,1-3,17H2/t5-/m1/s1. The van der Waals surface area contributed by atoms with E-state index >= 15 is 0 Å². The van der Waals surface area contributed by atoms with Crippen molar-refractivity contribution in [1.82, 2.24) is 0 Å². The van der Waals surface area contributed by atoms with Gasteiger partial charge in [0.2, 0.25) is 5.82 Å². The minimum absolute atomic E-state index is 0.222. The van der Waals surface area contributed by atoms with Crippen LogP contribution in [0.3, 0.4) is 0 Å². The molecule has 1 nitrogen and oxygen atoms in total. The summed E-state index contributed by atoms with van der Waals surface area (Å²) in [5.74, 6) is -9.46. The third kappa shape index (κ3) is 2.13. The zero-order chi connectivity index (χ0) is 12.7. The van der Waals surface area contributed by atoms with Crippen LogP contribution in [0, 0.1) is 35.0 Å². The van der Waals surface area contributed by atoms with E-state index in [9.17, 15) is 22.0 Å². The second kappa shape index (κ2) is 4.25. The van der Waals surface area contributed by atoms with Crippen molar-refractivity contribution in [3.63, 3.8) is 0 Å². The van der Waals surface area contributed by atoms with Crippen molar-refractivity contribution in [2.75, 3.05) is 0 Å². The van der Waals surface area contributed by atoms with E-state index in [1.807, 2.05) is 0 Å². The lowest BCUT2D eigenvalue weighted by Crippen LogP contribution is -2.18. The molecule has 0 aromatic heterocycles. The van der Waals surface area contributed by atoms with Gasteiger partial charge in [0.05, 0.1) is 0 Å². The molecule has 17 heavy (non-hydrogen) atoms. The van der Waals surface area contributed by atoms with Crippen molar-refractivity contribution >= 4 is 0 Å². The third-order valence-corrected chi connectivity index (χ3v) is 2.90. The lowest BCUT2D eigenvalue weighted by Gasteiger charge is -2.14. The lowest BCUT2D eigenvalue weighted by atomic mass is 10.00. The molecule has 1 aromatic rings. The highest BCUT2D eigenvalue weighted by Gasteiger charge is 2.32. The topological polar surface area (TPSA) is 26.0 Å². The summed E-state index contributed by atoms with van der Waals surface area (Å²) in [5.41, 5.74) is 4.58. The zero-order valence-electron chi connectivity index (χ0n) is 8.74. The number of hydrogen-bond acceptors (Lipinski definition) is 1. The number of hydrogen-bond donors (Lipinski definition) is 1. The summed E-state index contributed by atoms with van der Waals surface area (Å²) >= 11 is 0. The quantitative estimate of drug-likeness (QED) is 0.498. The van der Waals surface area contributed by atoms with Crippen LogP contribution in [0.15, 0.2) is 0 Å². The average molecular weight is 251 g/mol. The van der Waals surface area contributed by atoms with Gasteiger partial charge in [-0.2, -0.15) is 0 Å². The Hall–Kier alpha value is -1.17. The van der Waals surface area contributed by atoms with Crippen molar-refractivity contribution in [3.8, 4) is 0 Å². The third-order valence-electron chi connectivity index (χ3n) is 2.90. The fourth-order valence-electron chi connectivity index (χ4n) is 1.78. The van der Waals surface area contributed by atoms with Gasteiger partial charge in [-0.1, -0.05) is 12.8 Å². The van der Waals surface area contributed by atoms with Crippen LogP contribution in [0.1, 0.15) is 30.9 Å². The Morgan fingerprint density at radius 1 is 0.882 bits per heavy atom. The molecule has 94 valence electrons. The van der Waals surface area contributed by atoms with E-state index < -0.39 is 40.7 Å². The van der Waals surface area contributed by atoms with Crippen molar-refractivity contribution in [1.29, 1.82) is 0 Å². The molecule has 1 saturated carbocycles. The molecule has 2 rings (SSSR count). The highest BCUT2D eigenvalue weighted by Crippen LogP contribution is 2.38. The molecule has 1 atom stereocenters. The Morgan fingerprint density at radius 2 is 1.29 bits per heavy atom. The summed E-state index contributed by atoms with van der Waals surface area (Å²) in [5, 5.41) is 0. The monoisotopic (exact) mass is 251 g/mol. The van der Waals surface area contributed by atoms with Gasteiger partial charge in [0.25, 0.3) is 0 Å². The molecule has 0 spiro atoms. The fraction of sp³-hybridized carbons (Fsp3) is 0.455. The Kier molecular flexibility index (Phi) is 3.07. The van der Waals surface area contributed by atoms with Crippen molar-refractivity contribution in [2.45, 2.75) is 25.3 Å². The molecule has 0 unspecified atom stereocenters. The van der Waals surface area contributed by atoms with Crippen LogP contribution in [0.2, 0.25) is 0 Å². The van der Waals surface area contributed by atoms with Gasteiger partial charge >= 0.3 is 0 Å². The van der Waals surface area contributed by atoms with Gasteiger partial charge in [0.15, 0.2) is 23.3 Å². The van der Waals surface area contributed by atoms with Crippen molar-refractivity contribution in [2.24, 2.45) is 11.7 Å². The smallest absolute Gasteiger partial charge is 0.200 e. The number of halogens is 5. The molecular weight excluding hydrogens is 241 g/mol. The normalized spacial score (nSPS) is 17.3. The van der Waals surface area contributed by atoms with Gasteiger partial charge in [-0.05, 0) is 12.3 Å². The number of rotatable bonds is 3. The van der Waals surface area contributed by atoms with E-state index in [4.69, 9.17) is 5.73 Å². The van der Waals surface area contributed by atoms with E-state index in [1.54, 1.807) is 0 Å². The first-order valence-corrected chi connectivity index (χ1v) is 5.20. The summed E-state index contributed by atoms with van der Waals surface area (Å²) in [6, 6.07) is -1.16. The van der Waals surface area contributed by atoms with E-state index in [-0.39, 0.29) is 12.3 Å². The van der Waals surface area contributed by atoms with Gasteiger partial charge in [0.1, 0.15) is 0 Å². The molecule has 1 aliphatic carbocycles. The van der Waals surface area contributed by atoms with Crippen LogP contribution in [-0.2, 0) is 0 Å². The summed E-state index contributed by atoms with van der Waals surface area (Å²) in [7, 11) is 0. The average Bonchev–Trinajstić information content (AvgIpc) is 3.08. The molecule has 0 bridgehead atoms. The van der Waals surface area contributed by atoms with Crippen LogP contribution >= 0.6 is 0 Å². The first-order chi connectivity index (χ1) is 7.93. The number of benzene rings is 1. The molecule has 1 aliphatic rings. The molecule has 0 aliphatic heterocycles. The highest BCUT2D eigenvalue weighted by atomic mass is 19.2. The maximum Gasteiger partial charge on any atom is 0.200 e. The van der Waals surface area contributed by atoms with Crippen molar-refractivity contribution < 1.29 is 22.0 Å². The summed E-state index contributed by atoms with van der Waals surface area (Å²) in [6.45, 7) is 0. The maximum atomic E-state index is 13.3. The van der Waals surface area contributed by atoms with Crippen LogP contribution in [0.5, 0.6) is 0 Å². The van der Waals surface area contributed by atoms with Crippen LogP contribution < -0.4 is 5.73 Å².